The maximum atomic E-state index is 3.48. The molecule has 74 valence electrons. The summed E-state index contributed by atoms with van der Waals surface area (Å²) in [4.78, 5) is 0. The highest BCUT2D eigenvalue weighted by Crippen LogP contribution is 2.37. The lowest BCUT2D eigenvalue weighted by Crippen LogP contribution is -2.44. The minimum Gasteiger partial charge on any atom is -0.316 e. The quantitative estimate of drug-likeness (QED) is 0.642. The summed E-state index contributed by atoms with van der Waals surface area (Å²) in [6.45, 7) is 8.95. The van der Waals surface area contributed by atoms with Crippen LogP contribution in [-0.4, -0.2) is 13.1 Å². The molecule has 0 aromatic heterocycles. The van der Waals surface area contributed by atoms with Gasteiger partial charge in [-0.05, 0) is 37.6 Å². The zero-order chi connectivity index (χ0) is 9.73. The summed E-state index contributed by atoms with van der Waals surface area (Å²) in [6.07, 6.45) is 3.64. The van der Waals surface area contributed by atoms with Crippen molar-refractivity contribution in [1.82, 2.24) is 5.32 Å². The van der Waals surface area contributed by atoms with E-state index >= 15 is 0 Å². The molecule has 1 saturated heterocycles. The van der Waals surface area contributed by atoms with Crippen LogP contribution >= 0.6 is 0 Å². The number of hydrogen-bond donors (Lipinski definition) is 1. The molecule has 1 rings (SSSR count). The second-order valence-corrected chi connectivity index (χ2v) is 4.30. The monoisotopic (exact) mass is 179 g/mol. The second kappa shape index (κ2) is 4.67. The summed E-state index contributed by atoms with van der Waals surface area (Å²) in [6, 6.07) is 0. The summed E-state index contributed by atoms with van der Waals surface area (Å²) < 4.78 is 0. The molecule has 0 aromatic rings. The van der Waals surface area contributed by atoms with Crippen molar-refractivity contribution in [1.29, 1.82) is 0 Å². The summed E-state index contributed by atoms with van der Waals surface area (Å²) in [5.41, 5.74) is 0.474. The first-order valence-corrected chi connectivity index (χ1v) is 5.33. The third kappa shape index (κ3) is 2.48. The predicted molar refractivity (Wildman–Crippen MR) is 57.4 cm³/mol. The van der Waals surface area contributed by atoms with Crippen molar-refractivity contribution in [2.45, 2.75) is 40.0 Å². The van der Waals surface area contributed by atoms with Crippen LogP contribution in [0, 0.1) is 23.2 Å². The van der Waals surface area contributed by atoms with Gasteiger partial charge in [0.15, 0.2) is 0 Å². The summed E-state index contributed by atoms with van der Waals surface area (Å²) in [5, 5.41) is 3.48. The zero-order valence-electron chi connectivity index (χ0n) is 9.11. The standard InChI is InChI=1S/C12H21N/c1-4-6-7-11-8-9-13-10-12(11,3)5-2/h11,13H,5,7-10H2,1-3H3. The van der Waals surface area contributed by atoms with E-state index in [2.05, 4.69) is 31.0 Å². The molecular weight excluding hydrogens is 158 g/mol. The Labute approximate surface area is 82.3 Å². The lowest BCUT2D eigenvalue weighted by molar-refractivity contribution is 0.131. The van der Waals surface area contributed by atoms with Gasteiger partial charge in [-0.1, -0.05) is 13.8 Å². The molecule has 1 heteroatoms. The van der Waals surface area contributed by atoms with Gasteiger partial charge in [0.1, 0.15) is 0 Å². The smallest absolute Gasteiger partial charge is 0.0123 e. The van der Waals surface area contributed by atoms with E-state index in [4.69, 9.17) is 0 Å². The van der Waals surface area contributed by atoms with Crippen LogP contribution in [0.3, 0.4) is 0 Å². The summed E-state index contributed by atoms with van der Waals surface area (Å²) in [7, 11) is 0. The lowest BCUT2D eigenvalue weighted by atomic mass is 9.70. The molecule has 0 aliphatic carbocycles. The van der Waals surface area contributed by atoms with Crippen molar-refractivity contribution in [2.24, 2.45) is 11.3 Å². The van der Waals surface area contributed by atoms with Crippen molar-refractivity contribution in [3.8, 4) is 11.8 Å². The van der Waals surface area contributed by atoms with Crippen molar-refractivity contribution < 1.29 is 0 Å². The molecule has 0 amide bonds. The first-order valence-electron chi connectivity index (χ1n) is 5.33. The van der Waals surface area contributed by atoms with Crippen LogP contribution in [-0.2, 0) is 0 Å². The fourth-order valence-electron chi connectivity index (χ4n) is 2.13. The molecule has 2 unspecified atom stereocenters. The average molecular weight is 179 g/mol. The number of nitrogens with one attached hydrogen (secondary N) is 1. The highest BCUT2D eigenvalue weighted by molar-refractivity contribution is 5.00. The van der Waals surface area contributed by atoms with Gasteiger partial charge in [-0.2, -0.15) is 0 Å². The first-order chi connectivity index (χ1) is 6.23. The Morgan fingerprint density at radius 2 is 2.31 bits per heavy atom. The van der Waals surface area contributed by atoms with Crippen LogP contribution in [0.1, 0.15) is 40.0 Å². The van der Waals surface area contributed by atoms with Crippen LogP contribution in [0.5, 0.6) is 0 Å². The zero-order valence-corrected chi connectivity index (χ0v) is 9.11. The fraction of sp³-hybridized carbons (Fsp3) is 0.833. The highest BCUT2D eigenvalue weighted by Gasteiger charge is 2.33. The highest BCUT2D eigenvalue weighted by atomic mass is 14.9. The van der Waals surface area contributed by atoms with Gasteiger partial charge in [0.2, 0.25) is 0 Å². The molecule has 0 bridgehead atoms. The second-order valence-electron chi connectivity index (χ2n) is 4.30. The summed E-state index contributed by atoms with van der Waals surface area (Å²) in [5.74, 6) is 7.03. The summed E-state index contributed by atoms with van der Waals surface area (Å²) >= 11 is 0. The lowest BCUT2D eigenvalue weighted by Gasteiger charge is -2.40. The van der Waals surface area contributed by atoms with E-state index in [0.29, 0.717) is 5.41 Å². The molecule has 1 nitrogen and oxygen atoms in total. The Morgan fingerprint density at radius 1 is 1.54 bits per heavy atom. The van der Waals surface area contributed by atoms with Crippen LogP contribution in [0.15, 0.2) is 0 Å². The molecule has 1 N–H and O–H groups in total. The Balaban J connectivity index is 2.59. The van der Waals surface area contributed by atoms with Gasteiger partial charge in [-0.3, -0.25) is 0 Å². The molecule has 13 heavy (non-hydrogen) atoms. The third-order valence-electron chi connectivity index (χ3n) is 3.52. The van der Waals surface area contributed by atoms with Crippen LogP contribution in [0.4, 0.5) is 0 Å². The van der Waals surface area contributed by atoms with Crippen molar-refractivity contribution in [2.75, 3.05) is 13.1 Å². The predicted octanol–water partition coefficient (Wildman–Crippen LogP) is 2.43. The molecule has 0 spiro atoms. The topological polar surface area (TPSA) is 12.0 Å². The Morgan fingerprint density at radius 3 is 2.92 bits per heavy atom. The molecule has 1 fully saturated rings. The SMILES string of the molecule is CC#CCC1CCNCC1(C)CC. The molecule has 0 saturated carbocycles. The van der Waals surface area contributed by atoms with Gasteiger partial charge in [0.05, 0.1) is 0 Å². The van der Waals surface area contributed by atoms with E-state index in [1.807, 2.05) is 6.92 Å². The van der Waals surface area contributed by atoms with E-state index in [0.717, 1.165) is 12.3 Å². The minimum absolute atomic E-state index is 0.474. The normalized spacial score (nSPS) is 33.6. The van der Waals surface area contributed by atoms with Crippen LogP contribution < -0.4 is 5.32 Å². The molecular formula is C12H21N. The maximum absolute atomic E-state index is 3.48. The number of rotatable bonds is 2. The molecule has 1 aliphatic rings. The van der Waals surface area contributed by atoms with E-state index in [9.17, 15) is 0 Å². The van der Waals surface area contributed by atoms with Gasteiger partial charge in [0, 0.05) is 13.0 Å². The molecule has 0 aromatic carbocycles. The number of hydrogen-bond acceptors (Lipinski definition) is 1. The molecule has 0 radical (unpaired) electrons. The maximum Gasteiger partial charge on any atom is 0.0123 e. The van der Waals surface area contributed by atoms with Gasteiger partial charge >= 0.3 is 0 Å². The number of piperidine rings is 1. The van der Waals surface area contributed by atoms with Gasteiger partial charge < -0.3 is 5.32 Å². The van der Waals surface area contributed by atoms with Crippen molar-refractivity contribution >= 4 is 0 Å². The van der Waals surface area contributed by atoms with E-state index in [-0.39, 0.29) is 0 Å². The first kappa shape index (κ1) is 10.6. The largest absolute Gasteiger partial charge is 0.316 e. The molecule has 2 atom stereocenters. The van der Waals surface area contributed by atoms with Crippen molar-refractivity contribution in [3.05, 3.63) is 0 Å². The fourth-order valence-corrected chi connectivity index (χ4v) is 2.13. The average Bonchev–Trinajstić information content (AvgIpc) is 2.17. The van der Waals surface area contributed by atoms with Crippen molar-refractivity contribution in [3.63, 3.8) is 0 Å². The van der Waals surface area contributed by atoms with Gasteiger partial charge in [-0.25, -0.2) is 0 Å². The molecule has 1 heterocycles. The van der Waals surface area contributed by atoms with E-state index in [1.54, 1.807) is 0 Å². The van der Waals surface area contributed by atoms with Crippen LogP contribution in [0.25, 0.3) is 0 Å². The molecule has 1 aliphatic heterocycles. The Hall–Kier alpha value is -0.480. The Bertz CT molecular complexity index is 211. The minimum atomic E-state index is 0.474. The van der Waals surface area contributed by atoms with Crippen LogP contribution in [0.2, 0.25) is 0 Å². The Kier molecular flexibility index (Phi) is 3.81. The van der Waals surface area contributed by atoms with E-state index in [1.165, 1.54) is 25.9 Å². The third-order valence-corrected chi connectivity index (χ3v) is 3.52. The van der Waals surface area contributed by atoms with Gasteiger partial charge in [0.25, 0.3) is 0 Å². The van der Waals surface area contributed by atoms with E-state index < -0.39 is 0 Å². The van der Waals surface area contributed by atoms with Gasteiger partial charge in [-0.15, -0.1) is 11.8 Å².